The first kappa shape index (κ1) is 17.6. The molecule has 0 saturated heterocycles. The van der Waals surface area contributed by atoms with E-state index < -0.39 is 0 Å². The Bertz CT molecular complexity index is 1110. The molecule has 0 atom stereocenters. The molecular weight excluding hydrogens is 367 g/mol. The van der Waals surface area contributed by atoms with Gasteiger partial charge >= 0.3 is 0 Å². The van der Waals surface area contributed by atoms with Gasteiger partial charge in [0.05, 0.1) is 17.1 Å². The molecule has 2 N–H and O–H groups in total. The largest absolute Gasteiger partial charge is 0.368 e. The number of pyridine rings is 1. The number of aromatic nitrogens is 3. The van der Waals surface area contributed by atoms with E-state index in [1.165, 1.54) is 12.1 Å². The minimum Gasteiger partial charge on any atom is -0.368 e. The van der Waals surface area contributed by atoms with E-state index in [-0.39, 0.29) is 17.2 Å². The Kier molecular flexibility index (Phi) is 4.16. The number of hydrogen-bond donors (Lipinski definition) is 1. The molecule has 7 heteroatoms. The van der Waals surface area contributed by atoms with E-state index >= 15 is 0 Å². The Balaban J connectivity index is 1.39. The summed E-state index contributed by atoms with van der Waals surface area (Å²) in [6, 6.07) is 10.6. The maximum absolute atomic E-state index is 13.6. The maximum Gasteiger partial charge on any atom is 0.219 e. The molecule has 29 heavy (non-hydrogen) atoms. The summed E-state index contributed by atoms with van der Waals surface area (Å²) in [7, 11) is 0. The molecule has 6 nitrogen and oxygen atoms in total. The minimum atomic E-state index is -0.261. The van der Waals surface area contributed by atoms with E-state index in [1.54, 1.807) is 18.5 Å². The first-order chi connectivity index (χ1) is 14.1. The van der Waals surface area contributed by atoms with Crippen molar-refractivity contribution in [1.29, 1.82) is 0 Å². The van der Waals surface area contributed by atoms with Crippen molar-refractivity contribution < 1.29 is 4.39 Å². The topological polar surface area (TPSA) is 89.4 Å². The number of benzene rings is 1. The molecule has 5 rings (SSSR count). The highest BCUT2D eigenvalue weighted by Gasteiger charge is 2.45. The summed E-state index contributed by atoms with van der Waals surface area (Å²) in [5, 5.41) is 8.87. The fourth-order valence-electron chi connectivity index (χ4n) is 4.03. The van der Waals surface area contributed by atoms with Crippen molar-refractivity contribution in [2.24, 2.45) is 10.2 Å². The second-order valence-corrected chi connectivity index (χ2v) is 7.48. The maximum atomic E-state index is 13.6. The van der Waals surface area contributed by atoms with Gasteiger partial charge < -0.3 is 5.73 Å². The Labute approximate surface area is 167 Å². The third-order valence-electron chi connectivity index (χ3n) is 5.83. The van der Waals surface area contributed by atoms with Crippen LogP contribution in [0.1, 0.15) is 36.8 Å². The van der Waals surface area contributed by atoms with Gasteiger partial charge in [0.2, 0.25) is 5.95 Å². The van der Waals surface area contributed by atoms with Crippen molar-refractivity contribution in [2.45, 2.75) is 31.1 Å². The van der Waals surface area contributed by atoms with E-state index in [2.05, 4.69) is 31.2 Å². The zero-order chi connectivity index (χ0) is 19.8. The van der Waals surface area contributed by atoms with Gasteiger partial charge in [0.15, 0.2) is 0 Å². The van der Waals surface area contributed by atoms with Crippen LogP contribution in [0, 0.1) is 5.82 Å². The summed E-state index contributed by atoms with van der Waals surface area (Å²) in [6.45, 7) is 0. The van der Waals surface area contributed by atoms with Crippen LogP contribution in [-0.4, -0.2) is 26.4 Å². The van der Waals surface area contributed by atoms with Crippen LogP contribution in [0.4, 0.5) is 10.3 Å². The van der Waals surface area contributed by atoms with E-state index in [0.29, 0.717) is 6.42 Å². The zero-order valence-corrected chi connectivity index (χ0v) is 15.7. The number of hydrogen-bond acceptors (Lipinski definition) is 6. The molecule has 3 aromatic rings. The molecule has 1 aromatic carbocycles. The molecule has 1 saturated carbocycles. The molecule has 144 valence electrons. The first-order valence-corrected chi connectivity index (χ1v) is 9.58. The van der Waals surface area contributed by atoms with Crippen molar-refractivity contribution in [3.63, 3.8) is 0 Å². The van der Waals surface area contributed by atoms with E-state index in [0.717, 1.165) is 53.1 Å². The summed E-state index contributed by atoms with van der Waals surface area (Å²) in [4.78, 5) is 12.7. The first-order valence-electron chi connectivity index (χ1n) is 9.58. The van der Waals surface area contributed by atoms with Gasteiger partial charge in [-0.15, -0.1) is 0 Å². The van der Waals surface area contributed by atoms with Crippen LogP contribution in [0.5, 0.6) is 0 Å². The van der Waals surface area contributed by atoms with Gasteiger partial charge in [-0.3, -0.25) is 4.98 Å². The predicted molar refractivity (Wildman–Crippen MR) is 110 cm³/mol. The number of halogens is 1. The quantitative estimate of drug-likeness (QED) is 0.736. The molecule has 0 unspecified atom stereocenters. The normalized spacial score (nSPS) is 17.4. The monoisotopic (exact) mass is 386 g/mol. The van der Waals surface area contributed by atoms with Crippen molar-refractivity contribution in [3.8, 4) is 11.3 Å². The summed E-state index contributed by atoms with van der Waals surface area (Å²) < 4.78 is 13.6. The highest BCUT2D eigenvalue weighted by molar-refractivity contribution is 6.18. The lowest BCUT2D eigenvalue weighted by molar-refractivity contribution is 0.337. The van der Waals surface area contributed by atoms with Crippen LogP contribution in [0.15, 0.2) is 65.2 Å². The molecule has 2 aliphatic rings. The standard InChI is InChI=1S/C22H19FN6/c23-17-4-1-3-14(9-17)19-10-20(29-28-19)22(7-2-8-22)16-5-6-18(25-13-16)15-11-26-21(24)27-12-15/h1,3-6,9,11-13H,2,7-8,10H2,(H2,24,26,27). The van der Waals surface area contributed by atoms with Gasteiger partial charge in [-0.1, -0.05) is 24.6 Å². The molecular formula is C22H19FN6. The highest BCUT2D eigenvalue weighted by atomic mass is 19.1. The highest BCUT2D eigenvalue weighted by Crippen LogP contribution is 2.47. The molecule has 1 aliphatic carbocycles. The molecule has 0 spiro atoms. The van der Waals surface area contributed by atoms with Crippen molar-refractivity contribution in [2.75, 3.05) is 5.73 Å². The van der Waals surface area contributed by atoms with E-state index in [9.17, 15) is 4.39 Å². The molecule has 1 fully saturated rings. The molecule has 1 aliphatic heterocycles. The lowest BCUT2D eigenvalue weighted by Gasteiger charge is -2.42. The summed E-state index contributed by atoms with van der Waals surface area (Å²) in [5.74, 6) is -0.0180. The van der Waals surface area contributed by atoms with Crippen LogP contribution in [-0.2, 0) is 5.41 Å². The van der Waals surface area contributed by atoms with Gasteiger partial charge in [0.1, 0.15) is 5.82 Å². The zero-order valence-electron chi connectivity index (χ0n) is 15.7. The van der Waals surface area contributed by atoms with Gasteiger partial charge in [-0.25, -0.2) is 14.4 Å². The van der Waals surface area contributed by atoms with Gasteiger partial charge in [0.25, 0.3) is 0 Å². The van der Waals surface area contributed by atoms with Crippen molar-refractivity contribution in [1.82, 2.24) is 15.0 Å². The minimum absolute atomic E-state index is 0.137. The second-order valence-electron chi connectivity index (χ2n) is 7.48. The SMILES string of the molecule is Nc1ncc(-c2ccc(C3(C4=NN=C(c5cccc(F)c5)C4)CCC3)cn2)cn1. The number of rotatable bonds is 4. The average molecular weight is 386 g/mol. The van der Waals surface area contributed by atoms with Crippen LogP contribution in [0.25, 0.3) is 11.3 Å². The molecule has 0 amide bonds. The van der Waals surface area contributed by atoms with Crippen LogP contribution < -0.4 is 5.73 Å². The van der Waals surface area contributed by atoms with Crippen LogP contribution in [0.3, 0.4) is 0 Å². The van der Waals surface area contributed by atoms with Gasteiger partial charge in [-0.05, 0) is 36.6 Å². The molecule has 0 bridgehead atoms. The summed E-state index contributed by atoms with van der Waals surface area (Å²) in [6.07, 6.45) is 9.06. The smallest absolute Gasteiger partial charge is 0.219 e. The van der Waals surface area contributed by atoms with Crippen LogP contribution >= 0.6 is 0 Å². The van der Waals surface area contributed by atoms with E-state index in [1.807, 2.05) is 18.3 Å². The van der Waals surface area contributed by atoms with E-state index in [4.69, 9.17) is 5.73 Å². The summed E-state index contributed by atoms with van der Waals surface area (Å²) >= 11 is 0. The predicted octanol–water partition coefficient (Wildman–Crippen LogP) is 3.93. The van der Waals surface area contributed by atoms with Crippen molar-refractivity contribution in [3.05, 3.63) is 71.9 Å². The summed E-state index contributed by atoms with van der Waals surface area (Å²) in [5.41, 5.74) is 10.8. The second kappa shape index (κ2) is 6.84. The third kappa shape index (κ3) is 3.08. The Morgan fingerprint density at radius 1 is 0.897 bits per heavy atom. The van der Waals surface area contributed by atoms with Gasteiger partial charge in [0, 0.05) is 41.6 Å². The Morgan fingerprint density at radius 2 is 1.72 bits per heavy atom. The lowest BCUT2D eigenvalue weighted by atomic mass is 9.61. The Morgan fingerprint density at radius 3 is 2.38 bits per heavy atom. The molecule has 0 radical (unpaired) electrons. The number of anilines is 1. The van der Waals surface area contributed by atoms with Crippen molar-refractivity contribution >= 4 is 17.4 Å². The van der Waals surface area contributed by atoms with Gasteiger partial charge in [-0.2, -0.15) is 10.2 Å². The average Bonchev–Trinajstić information content (AvgIpc) is 3.19. The Hall–Kier alpha value is -3.48. The fraction of sp³-hybridized carbons (Fsp3) is 0.227. The molecule has 3 heterocycles. The number of nitrogen functional groups attached to an aromatic ring is 1. The molecule has 2 aromatic heterocycles. The fourth-order valence-corrected chi connectivity index (χ4v) is 4.03. The van der Waals surface area contributed by atoms with Crippen LogP contribution in [0.2, 0.25) is 0 Å². The number of nitrogens with two attached hydrogens (primary N) is 1. The third-order valence-corrected chi connectivity index (χ3v) is 5.83. The lowest BCUT2D eigenvalue weighted by Crippen LogP contribution is -2.42. The number of nitrogens with zero attached hydrogens (tertiary/aromatic N) is 5.